The predicted molar refractivity (Wildman–Crippen MR) is 94.9 cm³/mol. The van der Waals surface area contributed by atoms with Crippen molar-refractivity contribution in [1.29, 1.82) is 0 Å². The molecule has 1 aliphatic rings. The number of nitro benzene ring substituents is 1. The monoisotopic (exact) mass is 346 g/mol. The van der Waals surface area contributed by atoms with Gasteiger partial charge in [0, 0.05) is 12.6 Å². The zero-order chi connectivity index (χ0) is 17.8. The summed E-state index contributed by atoms with van der Waals surface area (Å²) in [7, 11) is 0. The highest BCUT2D eigenvalue weighted by atomic mass is 16.6. The molecule has 2 atom stereocenters. The summed E-state index contributed by atoms with van der Waals surface area (Å²) in [5, 5.41) is 14.5. The van der Waals surface area contributed by atoms with Gasteiger partial charge < -0.3 is 15.0 Å². The standard InChI is InChI=1S/C17H22N4O4/c1-11-4-2-3-5-16(11)25-7-6-18-14-9-13-12(8-15(14)21(23)24)17(22)20-10-19-13/h8-11,16,18H,2-7H2,1H3,(H,19,20,22)/t11-,16+/m1/s1. The van der Waals surface area contributed by atoms with Crippen LogP contribution in [0.25, 0.3) is 10.9 Å². The third kappa shape index (κ3) is 3.96. The van der Waals surface area contributed by atoms with Crippen LogP contribution in [0.3, 0.4) is 0 Å². The maximum absolute atomic E-state index is 11.8. The lowest BCUT2D eigenvalue weighted by molar-refractivity contribution is -0.383. The number of nitro groups is 1. The van der Waals surface area contributed by atoms with Crippen molar-refractivity contribution in [3.8, 4) is 0 Å². The first-order valence-electron chi connectivity index (χ1n) is 8.57. The van der Waals surface area contributed by atoms with Crippen LogP contribution in [-0.2, 0) is 4.74 Å². The Bertz CT molecular complexity index is 820. The lowest BCUT2D eigenvalue weighted by Crippen LogP contribution is -2.27. The molecule has 1 saturated carbocycles. The van der Waals surface area contributed by atoms with E-state index in [1.807, 2.05) is 0 Å². The largest absolute Gasteiger partial charge is 0.377 e. The summed E-state index contributed by atoms with van der Waals surface area (Å²) in [5.74, 6) is 0.555. The highest BCUT2D eigenvalue weighted by molar-refractivity contribution is 5.86. The molecule has 25 heavy (non-hydrogen) atoms. The van der Waals surface area contributed by atoms with Gasteiger partial charge in [0.25, 0.3) is 11.2 Å². The molecule has 2 N–H and O–H groups in total. The number of rotatable bonds is 6. The van der Waals surface area contributed by atoms with Gasteiger partial charge in [-0.2, -0.15) is 0 Å². The minimum absolute atomic E-state index is 0.142. The second-order valence-corrected chi connectivity index (χ2v) is 6.47. The molecule has 0 bridgehead atoms. The van der Waals surface area contributed by atoms with Crippen LogP contribution >= 0.6 is 0 Å². The molecule has 3 rings (SSSR count). The number of nitrogens with zero attached hydrogens (tertiary/aromatic N) is 2. The summed E-state index contributed by atoms with van der Waals surface area (Å²) in [6.07, 6.45) is 6.27. The molecule has 0 aliphatic heterocycles. The van der Waals surface area contributed by atoms with Crippen molar-refractivity contribution in [3.05, 3.63) is 38.9 Å². The molecule has 1 fully saturated rings. The molecule has 1 aromatic heterocycles. The lowest BCUT2D eigenvalue weighted by atomic mass is 9.88. The van der Waals surface area contributed by atoms with E-state index in [0.717, 1.165) is 6.42 Å². The van der Waals surface area contributed by atoms with Crippen LogP contribution in [-0.4, -0.2) is 34.1 Å². The highest BCUT2D eigenvalue weighted by Gasteiger charge is 2.22. The number of aromatic amines is 1. The Labute approximate surface area is 144 Å². The maximum Gasteiger partial charge on any atom is 0.293 e. The quantitative estimate of drug-likeness (QED) is 0.473. The third-order valence-electron chi connectivity index (χ3n) is 4.74. The first-order valence-corrected chi connectivity index (χ1v) is 8.57. The number of nitrogens with one attached hydrogen (secondary N) is 2. The van der Waals surface area contributed by atoms with Gasteiger partial charge in [-0.25, -0.2) is 4.98 Å². The molecule has 8 nitrogen and oxygen atoms in total. The number of fused-ring (bicyclic) bond motifs is 1. The second kappa shape index (κ2) is 7.60. The minimum Gasteiger partial charge on any atom is -0.377 e. The Kier molecular flexibility index (Phi) is 5.28. The molecular weight excluding hydrogens is 324 g/mol. The van der Waals surface area contributed by atoms with Crippen molar-refractivity contribution < 1.29 is 9.66 Å². The van der Waals surface area contributed by atoms with E-state index in [1.165, 1.54) is 37.7 Å². The molecule has 2 aromatic rings. The van der Waals surface area contributed by atoms with Crippen molar-refractivity contribution in [2.45, 2.75) is 38.7 Å². The molecule has 0 radical (unpaired) electrons. The average Bonchev–Trinajstić information content (AvgIpc) is 2.59. The summed E-state index contributed by atoms with van der Waals surface area (Å²) >= 11 is 0. The van der Waals surface area contributed by atoms with Gasteiger partial charge in [-0.3, -0.25) is 14.9 Å². The van der Waals surface area contributed by atoms with Crippen molar-refractivity contribution in [3.63, 3.8) is 0 Å². The van der Waals surface area contributed by atoms with Gasteiger partial charge in [-0.15, -0.1) is 0 Å². The minimum atomic E-state index is -0.502. The Morgan fingerprint density at radius 1 is 1.40 bits per heavy atom. The maximum atomic E-state index is 11.8. The Morgan fingerprint density at radius 2 is 2.20 bits per heavy atom. The molecular formula is C17H22N4O4. The average molecular weight is 346 g/mol. The molecule has 0 unspecified atom stereocenters. The number of ether oxygens (including phenoxy) is 1. The molecule has 1 heterocycles. The zero-order valence-electron chi connectivity index (χ0n) is 14.2. The van der Waals surface area contributed by atoms with Gasteiger partial charge in [-0.1, -0.05) is 19.8 Å². The van der Waals surface area contributed by atoms with Crippen LogP contribution in [0.5, 0.6) is 0 Å². The fourth-order valence-electron chi connectivity index (χ4n) is 3.32. The number of benzene rings is 1. The van der Waals surface area contributed by atoms with Crippen LogP contribution in [0.4, 0.5) is 11.4 Å². The Balaban J connectivity index is 1.69. The predicted octanol–water partition coefficient (Wildman–Crippen LogP) is 2.84. The summed E-state index contributed by atoms with van der Waals surface area (Å²) < 4.78 is 5.92. The van der Waals surface area contributed by atoms with Crippen LogP contribution in [0.15, 0.2) is 23.3 Å². The Morgan fingerprint density at radius 3 is 2.96 bits per heavy atom. The molecule has 0 amide bonds. The molecule has 1 aliphatic carbocycles. The summed E-state index contributed by atoms with van der Waals surface area (Å²) in [6, 6.07) is 2.79. The molecule has 0 saturated heterocycles. The summed E-state index contributed by atoms with van der Waals surface area (Å²) in [4.78, 5) is 29.1. The van der Waals surface area contributed by atoms with Crippen molar-refractivity contribution in [2.75, 3.05) is 18.5 Å². The first kappa shape index (κ1) is 17.3. The fraction of sp³-hybridized carbons (Fsp3) is 0.529. The molecule has 1 aromatic carbocycles. The molecule has 134 valence electrons. The number of aromatic nitrogens is 2. The van der Waals surface area contributed by atoms with E-state index in [4.69, 9.17) is 4.74 Å². The van der Waals surface area contributed by atoms with Crippen LogP contribution < -0.4 is 10.9 Å². The van der Waals surface area contributed by atoms with Gasteiger partial charge in [0.2, 0.25) is 0 Å². The number of hydrogen-bond donors (Lipinski definition) is 2. The van der Waals surface area contributed by atoms with Crippen molar-refractivity contribution in [1.82, 2.24) is 9.97 Å². The fourth-order valence-corrected chi connectivity index (χ4v) is 3.32. The van der Waals surface area contributed by atoms with Crippen molar-refractivity contribution in [2.24, 2.45) is 5.92 Å². The van der Waals surface area contributed by atoms with Crippen LogP contribution in [0, 0.1) is 16.0 Å². The topological polar surface area (TPSA) is 110 Å². The first-order chi connectivity index (χ1) is 12.1. The van der Waals surface area contributed by atoms with Crippen molar-refractivity contribution >= 4 is 22.3 Å². The molecule has 8 heteroatoms. The van der Waals surface area contributed by atoms with E-state index in [0.29, 0.717) is 30.3 Å². The zero-order valence-corrected chi connectivity index (χ0v) is 14.2. The summed E-state index contributed by atoms with van der Waals surface area (Å²) in [6.45, 7) is 3.14. The second-order valence-electron chi connectivity index (χ2n) is 6.47. The van der Waals surface area contributed by atoms with E-state index >= 15 is 0 Å². The SMILES string of the molecule is C[C@@H]1CCCC[C@@H]1OCCNc1cc2nc[nH]c(=O)c2cc1[N+](=O)[O-]. The van der Waals surface area contributed by atoms with Gasteiger partial charge in [0.05, 0.1) is 34.9 Å². The van der Waals surface area contributed by atoms with E-state index in [-0.39, 0.29) is 17.2 Å². The molecule has 0 spiro atoms. The smallest absolute Gasteiger partial charge is 0.293 e. The number of hydrogen-bond acceptors (Lipinski definition) is 6. The van der Waals surface area contributed by atoms with Crippen LogP contribution in [0.1, 0.15) is 32.6 Å². The van der Waals surface area contributed by atoms with E-state index in [2.05, 4.69) is 22.2 Å². The summed E-state index contributed by atoms with van der Waals surface area (Å²) in [5.41, 5.74) is 0.223. The van der Waals surface area contributed by atoms with Crippen LogP contribution in [0.2, 0.25) is 0 Å². The van der Waals surface area contributed by atoms with Gasteiger partial charge in [0.1, 0.15) is 5.69 Å². The Hall–Kier alpha value is -2.48. The normalized spacial score (nSPS) is 20.5. The number of anilines is 1. The van der Waals surface area contributed by atoms with Gasteiger partial charge in [-0.05, 0) is 24.8 Å². The van der Waals surface area contributed by atoms with Gasteiger partial charge in [0.15, 0.2) is 0 Å². The lowest BCUT2D eigenvalue weighted by Gasteiger charge is -2.28. The highest BCUT2D eigenvalue weighted by Crippen LogP contribution is 2.28. The number of H-pyrrole nitrogens is 1. The van der Waals surface area contributed by atoms with E-state index in [9.17, 15) is 14.9 Å². The van der Waals surface area contributed by atoms with E-state index < -0.39 is 10.5 Å². The van der Waals surface area contributed by atoms with Gasteiger partial charge >= 0.3 is 0 Å². The van der Waals surface area contributed by atoms with E-state index in [1.54, 1.807) is 0 Å². The third-order valence-corrected chi connectivity index (χ3v) is 4.74.